The second-order valence-corrected chi connectivity index (χ2v) is 18.3. The van der Waals surface area contributed by atoms with E-state index >= 15 is 0 Å². The Labute approximate surface area is 360 Å². The van der Waals surface area contributed by atoms with Crippen LogP contribution in [0, 0.1) is 0 Å². The smallest absolute Gasteiger partial charge is 0.462 e. The van der Waals surface area contributed by atoms with Crippen LogP contribution in [0.25, 0.3) is 0 Å². The molecule has 0 spiro atoms. The van der Waals surface area contributed by atoms with E-state index < -0.39 is 32.5 Å². The molecule has 1 saturated heterocycles. The molecule has 0 radical (unpaired) electrons. The quantitative estimate of drug-likeness (QED) is 0.0160. The lowest BCUT2D eigenvalue weighted by Crippen LogP contribution is -2.37. The van der Waals surface area contributed by atoms with E-state index in [2.05, 4.69) is 74.6 Å². The molecule has 1 fully saturated rings. The third-order valence-corrected chi connectivity index (χ3v) is 10.9. The summed E-state index contributed by atoms with van der Waals surface area (Å²) >= 11 is 0. The molecule has 1 heterocycles. The number of allylic oxidation sites excluding steroid dienone is 9. The maximum absolute atomic E-state index is 12.7. The maximum Gasteiger partial charge on any atom is 0.472 e. The number of esters is 2. The zero-order valence-corrected chi connectivity index (χ0v) is 38.8. The number of carbonyl (C=O) groups excluding carboxylic acids is 2. The predicted octanol–water partition coefficient (Wildman–Crippen LogP) is 12.2. The van der Waals surface area contributed by atoms with E-state index in [1.807, 2.05) is 21.1 Å². The number of unbranched alkanes of at least 4 members (excludes halogenated alkanes) is 13. The molecule has 3 unspecified atom stereocenters. The summed E-state index contributed by atoms with van der Waals surface area (Å²) in [6.45, 7) is 4.28. The second kappa shape index (κ2) is 36.3. The van der Waals surface area contributed by atoms with E-state index in [0.717, 1.165) is 57.8 Å². The monoisotopic (exact) mass is 851 g/mol. The predicted molar refractivity (Wildman–Crippen MR) is 242 cm³/mol. The van der Waals surface area contributed by atoms with E-state index in [-0.39, 0.29) is 26.1 Å². The van der Waals surface area contributed by atoms with Crippen LogP contribution in [0.2, 0.25) is 0 Å². The van der Waals surface area contributed by atoms with E-state index in [4.69, 9.17) is 23.3 Å². The Balaban J connectivity index is 2.30. The van der Waals surface area contributed by atoms with E-state index in [0.29, 0.717) is 36.1 Å². The lowest BCUT2D eigenvalue weighted by molar-refractivity contribution is -0.870. The van der Waals surface area contributed by atoms with Gasteiger partial charge in [-0.3, -0.25) is 18.6 Å². The number of likely N-dealkylation sites (N-methyl/N-ethyl adjacent to an activating group) is 1. The molecule has 59 heavy (non-hydrogen) atoms. The highest BCUT2D eigenvalue weighted by Crippen LogP contribution is 2.43. The highest BCUT2D eigenvalue weighted by molar-refractivity contribution is 7.47. The van der Waals surface area contributed by atoms with Crippen molar-refractivity contribution in [2.45, 2.75) is 186 Å². The molecule has 4 atom stereocenters. The van der Waals surface area contributed by atoms with Gasteiger partial charge in [-0.15, -0.1) is 0 Å². The van der Waals surface area contributed by atoms with Crippen LogP contribution in [0.3, 0.4) is 0 Å². The summed E-state index contributed by atoms with van der Waals surface area (Å²) in [6, 6.07) is 0. The summed E-state index contributed by atoms with van der Waals surface area (Å²) in [7, 11) is 1.43. The summed E-state index contributed by atoms with van der Waals surface area (Å²) in [4.78, 5) is 35.4. The maximum atomic E-state index is 12.7. The van der Waals surface area contributed by atoms with E-state index in [1.54, 1.807) is 0 Å². The highest BCUT2D eigenvalue weighted by atomic mass is 31.2. The molecule has 0 aromatic rings. The molecule has 0 aromatic heterocycles. The van der Waals surface area contributed by atoms with Crippen molar-refractivity contribution in [1.82, 2.24) is 0 Å². The first-order valence-electron chi connectivity index (χ1n) is 23.1. The third kappa shape index (κ3) is 37.2. The number of quaternary nitrogens is 1. The van der Waals surface area contributed by atoms with Crippen LogP contribution in [0.1, 0.15) is 168 Å². The first kappa shape index (κ1) is 54.7. The molecule has 1 aliphatic heterocycles. The average molecular weight is 851 g/mol. The van der Waals surface area contributed by atoms with Crippen LogP contribution in [0.4, 0.5) is 0 Å². The van der Waals surface area contributed by atoms with Crippen molar-refractivity contribution in [2.75, 3.05) is 47.5 Å². The molecule has 1 N–H and O–H groups in total. The molecule has 0 bridgehead atoms. The number of rotatable bonds is 40. The number of hydrogen-bond donors (Lipinski definition) is 1. The number of phosphoric ester groups is 1. The fraction of sp³-hybridized carbons (Fsp3) is 0.750. The Morgan fingerprint density at radius 2 is 1.15 bits per heavy atom. The van der Waals surface area contributed by atoms with Crippen molar-refractivity contribution >= 4 is 19.8 Å². The Bertz CT molecular complexity index is 1260. The Kier molecular flexibility index (Phi) is 33.7. The first-order valence-corrected chi connectivity index (χ1v) is 24.6. The SMILES string of the molecule is CCCCC/C=C\C/C=C\CCCCCCCCCC(=O)O[C@H](COC(=O)CCC/C=C\C/C=C\C/C=C\CC1OC1CCCCC)COP(=O)(O)OCC[N+](C)(C)C. The van der Waals surface area contributed by atoms with Crippen LogP contribution in [-0.4, -0.2) is 87.1 Å². The summed E-state index contributed by atoms with van der Waals surface area (Å²) in [5.41, 5.74) is 0. The number of ether oxygens (including phenoxy) is 3. The molecule has 0 amide bonds. The van der Waals surface area contributed by atoms with Crippen LogP contribution in [0.5, 0.6) is 0 Å². The van der Waals surface area contributed by atoms with Gasteiger partial charge in [0.15, 0.2) is 6.10 Å². The van der Waals surface area contributed by atoms with Crippen molar-refractivity contribution in [3.63, 3.8) is 0 Å². The lowest BCUT2D eigenvalue weighted by atomic mass is 10.1. The molecule has 11 heteroatoms. The number of hydrogen-bond acceptors (Lipinski definition) is 8. The molecule has 340 valence electrons. The number of epoxide rings is 1. The molecular formula is C48H85NO9P+. The van der Waals surface area contributed by atoms with Gasteiger partial charge in [0.1, 0.15) is 19.8 Å². The standard InChI is InChI=1S/C48H84NO9P/c1-6-8-10-11-12-13-14-15-16-17-18-19-20-25-28-31-35-39-48(51)57-44(43-56-59(52,53)55-41-40-49(3,4)5)42-54-47(50)38-34-30-27-24-22-21-23-26-29-33-37-46-45(58-46)36-32-9-7-2/h12-13,15-16,21,23-24,27,29,33,44-46H,6-11,14,17-20,22,25-26,28,30-32,34-43H2,1-5H3/p+1/b13-12-,16-15-,23-21-,27-24-,33-29-/t44-,45?,46?/m1/s1. The number of carbonyl (C=O) groups is 2. The van der Waals surface area contributed by atoms with Crippen LogP contribution < -0.4 is 0 Å². The van der Waals surface area contributed by atoms with Gasteiger partial charge in [-0.25, -0.2) is 4.57 Å². The minimum atomic E-state index is -4.40. The molecule has 0 aliphatic carbocycles. The Morgan fingerprint density at radius 3 is 1.78 bits per heavy atom. The molecule has 1 rings (SSSR count). The fourth-order valence-electron chi connectivity index (χ4n) is 6.19. The van der Waals surface area contributed by atoms with Gasteiger partial charge in [-0.1, -0.05) is 139 Å². The van der Waals surface area contributed by atoms with Gasteiger partial charge >= 0.3 is 19.8 Å². The van der Waals surface area contributed by atoms with Crippen molar-refractivity contribution < 1.29 is 46.8 Å². The molecule has 1 aliphatic rings. The van der Waals surface area contributed by atoms with Crippen molar-refractivity contribution in [3.8, 4) is 0 Å². The topological polar surface area (TPSA) is 121 Å². The van der Waals surface area contributed by atoms with Crippen LogP contribution in [-0.2, 0) is 37.4 Å². The van der Waals surface area contributed by atoms with E-state index in [1.165, 1.54) is 70.6 Å². The van der Waals surface area contributed by atoms with Crippen molar-refractivity contribution in [3.05, 3.63) is 60.8 Å². The summed E-state index contributed by atoms with van der Waals surface area (Å²) in [5.74, 6) is -0.881. The third-order valence-electron chi connectivity index (χ3n) is 9.94. The average Bonchev–Trinajstić information content (AvgIpc) is 3.94. The van der Waals surface area contributed by atoms with Crippen LogP contribution in [0.15, 0.2) is 60.8 Å². The Hall–Kier alpha value is -2.33. The minimum absolute atomic E-state index is 0.0170. The van der Waals surface area contributed by atoms with E-state index in [9.17, 15) is 19.0 Å². The van der Waals surface area contributed by atoms with Gasteiger partial charge in [0.2, 0.25) is 0 Å². The molecular weight excluding hydrogens is 766 g/mol. The first-order chi connectivity index (χ1) is 28.5. The number of phosphoric acid groups is 1. The van der Waals surface area contributed by atoms with Gasteiger partial charge in [-0.05, 0) is 77.0 Å². The lowest BCUT2D eigenvalue weighted by Gasteiger charge is -2.24. The van der Waals surface area contributed by atoms with Gasteiger partial charge < -0.3 is 23.6 Å². The second-order valence-electron chi connectivity index (χ2n) is 16.8. The largest absolute Gasteiger partial charge is 0.472 e. The summed E-state index contributed by atoms with van der Waals surface area (Å²) in [5, 5.41) is 0. The van der Waals surface area contributed by atoms with Gasteiger partial charge in [0.05, 0.1) is 40.0 Å². The Morgan fingerprint density at radius 1 is 0.627 bits per heavy atom. The summed E-state index contributed by atoms with van der Waals surface area (Å²) in [6.07, 6.45) is 45.9. The molecule has 10 nitrogen and oxygen atoms in total. The molecule has 0 aromatic carbocycles. The van der Waals surface area contributed by atoms with Crippen LogP contribution >= 0.6 is 7.82 Å². The van der Waals surface area contributed by atoms with Crippen molar-refractivity contribution in [1.29, 1.82) is 0 Å². The highest BCUT2D eigenvalue weighted by Gasteiger charge is 2.36. The normalized spacial score (nSPS) is 17.5. The van der Waals surface area contributed by atoms with Crippen molar-refractivity contribution in [2.24, 2.45) is 0 Å². The number of nitrogens with zero attached hydrogens (tertiary/aromatic N) is 1. The zero-order chi connectivity index (χ0) is 43.3. The minimum Gasteiger partial charge on any atom is -0.462 e. The van der Waals surface area contributed by atoms with Gasteiger partial charge in [0, 0.05) is 12.8 Å². The van der Waals surface area contributed by atoms with Gasteiger partial charge in [-0.2, -0.15) is 0 Å². The molecule has 0 saturated carbocycles. The van der Waals surface area contributed by atoms with Gasteiger partial charge in [0.25, 0.3) is 0 Å². The summed E-state index contributed by atoms with van der Waals surface area (Å²) < 4.78 is 40.0. The zero-order valence-electron chi connectivity index (χ0n) is 37.9. The fourth-order valence-corrected chi connectivity index (χ4v) is 6.93.